The summed E-state index contributed by atoms with van der Waals surface area (Å²) in [4.78, 5) is 0. The molecule has 0 bridgehead atoms. The van der Waals surface area contributed by atoms with Gasteiger partial charge in [-0.3, -0.25) is 0 Å². The Labute approximate surface area is 70.3 Å². The topological polar surface area (TPSA) is 18.5 Å². The van der Waals surface area contributed by atoms with Crippen molar-refractivity contribution >= 4 is 0 Å². The van der Waals surface area contributed by atoms with Crippen molar-refractivity contribution in [1.29, 1.82) is 0 Å². The van der Waals surface area contributed by atoms with Gasteiger partial charge in [0.05, 0.1) is 6.67 Å². The molecule has 0 aliphatic rings. The molecule has 0 saturated heterocycles. The Morgan fingerprint density at radius 1 is 1.09 bits per heavy atom. The van der Waals surface area contributed by atoms with Gasteiger partial charge in [0.15, 0.2) is 0 Å². The van der Waals surface area contributed by atoms with Crippen LogP contribution in [0.15, 0.2) is 0 Å². The molecule has 1 N–H and O–H groups in total. The van der Waals surface area contributed by atoms with Crippen molar-refractivity contribution in [2.75, 3.05) is 33.4 Å². The summed E-state index contributed by atoms with van der Waals surface area (Å²) in [6, 6.07) is 0. The Kier molecular flexibility index (Phi) is 6.51. The number of hydrogen-bond donors (Lipinski definition) is 1. The van der Waals surface area contributed by atoms with Gasteiger partial charge in [-0.05, 0) is 6.54 Å². The first-order valence-electron chi connectivity index (χ1n) is 4.42. The van der Waals surface area contributed by atoms with Crippen LogP contribution in [0.3, 0.4) is 0 Å². The van der Waals surface area contributed by atoms with Crippen molar-refractivity contribution in [1.82, 2.24) is 15.3 Å². The molecule has 0 aromatic rings. The molecule has 0 heterocycles. The molecule has 68 valence electrons. The quantitative estimate of drug-likeness (QED) is 0.455. The van der Waals surface area contributed by atoms with Crippen LogP contribution in [0.2, 0.25) is 0 Å². The second-order valence-corrected chi connectivity index (χ2v) is 2.56. The highest BCUT2D eigenvalue weighted by Gasteiger charge is 2.04. The van der Waals surface area contributed by atoms with Gasteiger partial charge in [0.25, 0.3) is 0 Å². The Hall–Kier alpha value is -0.120. The van der Waals surface area contributed by atoms with Gasteiger partial charge in [0.2, 0.25) is 0 Å². The van der Waals surface area contributed by atoms with E-state index in [1.165, 1.54) is 0 Å². The standard InChI is InChI=1S/C8H21N3/c1-5-9-8-11(7-3)10(4)6-2/h9H,5-8H2,1-4H3. The first kappa shape index (κ1) is 10.9. The van der Waals surface area contributed by atoms with Crippen molar-refractivity contribution in [3.63, 3.8) is 0 Å². The van der Waals surface area contributed by atoms with Crippen molar-refractivity contribution in [3.8, 4) is 0 Å². The normalized spacial score (nSPS) is 11.5. The van der Waals surface area contributed by atoms with Crippen molar-refractivity contribution in [2.24, 2.45) is 0 Å². The average Bonchev–Trinajstić information content (AvgIpc) is 2.05. The molecule has 0 amide bonds. The lowest BCUT2D eigenvalue weighted by atomic mass is 10.6. The summed E-state index contributed by atoms with van der Waals surface area (Å²) in [6.45, 7) is 10.6. The Bertz CT molecular complexity index is 85.4. The first-order chi connectivity index (χ1) is 5.26. The fourth-order valence-electron chi connectivity index (χ4n) is 0.915. The van der Waals surface area contributed by atoms with Crippen LogP contribution in [-0.4, -0.2) is 43.4 Å². The van der Waals surface area contributed by atoms with Crippen LogP contribution in [0, 0.1) is 0 Å². The molecule has 0 radical (unpaired) electrons. The number of nitrogens with one attached hydrogen (secondary N) is 1. The molecule has 3 nitrogen and oxygen atoms in total. The lowest BCUT2D eigenvalue weighted by Gasteiger charge is -2.29. The molecule has 0 spiro atoms. The summed E-state index contributed by atoms with van der Waals surface area (Å²) in [6.07, 6.45) is 0. The SMILES string of the molecule is CCNCN(CC)N(C)CC. The summed E-state index contributed by atoms with van der Waals surface area (Å²) < 4.78 is 0. The molecule has 0 aliphatic carbocycles. The van der Waals surface area contributed by atoms with Crippen LogP contribution in [0.5, 0.6) is 0 Å². The van der Waals surface area contributed by atoms with Gasteiger partial charge < -0.3 is 5.32 Å². The lowest BCUT2D eigenvalue weighted by molar-refractivity contribution is 0.00256. The molecule has 0 aromatic carbocycles. The maximum Gasteiger partial charge on any atom is 0.0622 e. The van der Waals surface area contributed by atoms with Gasteiger partial charge in [-0.15, -0.1) is 0 Å². The smallest absolute Gasteiger partial charge is 0.0622 e. The second kappa shape index (κ2) is 6.58. The molecule has 11 heavy (non-hydrogen) atoms. The van der Waals surface area contributed by atoms with E-state index >= 15 is 0 Å². The van der Waals surface area contributed by atoms with Gasteiger partial charge in [0, 0.05) is 20.1 Å². The molecule has 0 fully saturated rings. The third-order valence-corrected chi connectivity index (χ3v) is 1.85. The average molecular weight is 159 g/mol. The zero-order valence-corrected chi connectivity index (χ0v) is 8.22. The van der Waals surface area contributed by atoms with Gasteiger partial charge in [0.1, 0.15) is 0 Å². The van der Waals surface area contributed by atoms with Crippen molar-refractivity contribution in [3.05, 3.63) is 0 Å². The highest BCUT2D eigenvalue weighted by atomic mass is 15.6. The molecule has 3 heteroatoms. The summed E-state index contributed by atoms with van der Waals surface area (Å²) >= 11 is 0. The summed E-state index contributed by atoms with van der Waals surface area (Å²) in [5.74, 6) is 0. The van der Waals surface area contributed by atoms with E-state index in [4.69, 9.17) is 0 Å². The highest BCUT2D eigenvalue weighted by molar-refractivity contribution is 4.47. The predicted molar refractivity (Wildman–Crippen MR) is 49.2 cm³/mol. The second-order valence-electron chi connectivity index (χ2n) is 2.56. The number of rotatable bonds is 6. The minimum Gasteiger partial charge on any atom is -0.304 e. The Balaban J connectivity index is 3.56. The third-order valence-electron chi connectivity index (χ3n) is 1.85. The lowest BCUT2D eigenvalue weighted by Crippen LogP contribution is -2.44. The maximum absolute atomic E-state index is 3.30. The predicted octanol–water partition coefficient (Wildman–Crippen LogP) is 0.742. The van der Waals surface area contributed by atoms with Gasteiger partial charge in [-0.1, -0.05) is 20.8 Å². The Morgan fingerprint density at radius 3 is 2.09 bits per heavy atom. The van der Waals surface area contributed by atoms with Crippen LogP contribution in [0.1, 0.15) is 20.8 Å². The Morgan fingerprint density at radius 2 is 1.73 bits per heavy atom. The zero-order chi connectivity index (χ0) is 8.69. The van der Waals surface area contributed by atoms with E-state index in [1.807, 2.05) is 0 Å². The van der Waals surface area contributed by atoms with Crippen LogP contribution >= 0.6 is 0 Å². The largest absolute Gasteiger partial charge is 0.304 e. The van der Waals surface area contributed by atoms with Crippen LogP contribution in [0.25, 0.3) is 0 Å². The molecule has 0 atom stereocenters. The first-order valence-corrected chi connectivity index (χ1v) is 4.42. The van der Waals surface area contributed by atoms with Crippen molar-refractivity contribution < 1.29 is 0 Å². The van der Waals surface area contributed by atoms with Crippen LogP contribution < -0.4 is 5.32 Å². The molecule has 0 aliphatic heterocycles. The summed E-state index contributed by atoms with van der Waals surface area (Å²) in [7, 11) is 2.11. The fraction of sp³-hybridized carbons (Fsp3) is 1.00. The van der Waals surface area contributed by atoms with Gasteiger partial charge in [-0.25, -0.2) is 10.0 Å². The molecule has 0 aromatic heterocycles. The van der Waals surface area contributed by atoms with Crippen LogP contribution in [0.4, 0.5) is 0 Å². The minimum atomic E-state index is 0.956. The zero-order valence-electron chi connectivity index (χ0n) is 8.22. The third kappa shape index (κ3) is 4.35. The van der Waals surface area contributed by atoms with Gasteiger partial charge >= 0.3 is 0 Å². The highest BCUT2D eigenvalue weighted by Crippen LogP contribution is 1.90. The van der Waals surface area contributed by atoms with Crippen molar-refractivity contribution in [2.45, 2.75) is 20.8 Å². The number of hydrazine groups is 1. The van der Waals surface area contributed by atoms with E-state index in [9.17, 15) is 0 Å². The molecular formula is C8H21N3. The summed E-state index contributed by atoms with van der Waals surface area (Å²) in [5.41, 5.74) is 0. The van der Waals surface area contributed by atoms with E-state index in [-0.39, 0.29) is 0 Å². The molecule has 0 unspecified atom stereocenters. The van der Waals surface area contributed by atoms with Crippen LogP contribution in [-0.2, 0) is 0 Å². The van der Waals surface area contributed by atoms with E-state index in [2.05, 4.69) is 43.2 Å². The van der Waals surface area contributed by atoms with E-state index < -0.39 is 0 Å². The summed E-state index contributed by atoms with van der Waals surface area (Å²) in [5, 5.41) is 7.80. The van der Waals surface area contributed by atoms with E-state index in [0.717, 1.165) is 26.3 Å². The monoisotopic (exact) mass is 159 g/mol. The maximum atomic E-state index is 3.30. The molecule has 0 saturated carbocycles. The van der Waals surface area contributed by atoms with E-state index in [1.54, 1.807) is 0 Å². The number of hydrogen-bond acceptors (Lipinski definition) is 3. The minimum absolute atomic E-state index is 0.956. The van der Waals surface area contributed by atoms with E-state index in [0.29, 0.717) is 0 Å². The van der Waals surface area contributed by atoms with Gasteiger partial charge in [-0.2, -0.15) is 0 Å². The number of nitrogens with zero attached hydrogens (tertiary/aromatic N) is 2. The fourth-order valence-corrected chi connectivity index (χ4v) is 0.915. The molecular weight excluding hydrogens is 138 g/mol. The molecule has 0 rings (SSSR count).